The van der Waals surface area contributed by atoms with Crippen molar-refractivity contribution in [3.05, 3.63) is 21.3 Å². The molecular formula is C6H4F3IN2O2S. The molecule has 15 heavy (non-hydrogen) atoms. The van der Waals surface area contributed by atoms with E-state index in [1.807, 2.05) is 0 Å². The molecule has 0 bridgehead atoms. The average molecular weight is 352 g/mol. The van der Waals surface area contributed by atoms with Gasteiger partial charge in [-0.2, -0.15) is 0 Å². The fourth-order valence-corrected chi connectivity index (χ4v) is 3.01. The predicted molar refractivity (Wildman–Crippen MR) is 53.2 cm³/mol. The van der Waals surface area contributed by atoms with Gasteiger partial charge in [0.05, 0.1) is 9.77 Å². The highest BCUT2D eigenvalue weighted by Gasteiger charge is 2.27. The maximum atomic E-state index is 12.9. The number of primary sulfonamides is 1. The first-order valence-corrected chi connectivity index (χ1v) is 6.02. The summed E-state index contributed by atoms with van der Waals surface area (Å²) in [6.45, 7) is 0. The van der Waals surface area contributed by atoms with Gasteiger partial charge in [0.25, 0.3) is 6.43 Å². The summed E-state index contributed by atoms with van der Waals surface area (Å²) in [6, 6.07) is 0. The molecule has 0 saturated heterocycles. The van der Waals surface area contributed by atoms with Crippen molar-refractivity contribution in [2.24, 2.45) is 5.14 Å². The fourth-order valence-electron chi connectivity index (χ4n) is 0.889. The molecule has 0 aliphatic rings. The Morgan fingerprint density at radius 3 is 2.40 bits per heavy atom. The van der Waals surface area contributed by atoms with Gasteiger partial charge in [-0.1, -0.05) is 0 Å². The van der Waals surface area contributed by atoms with Crippen LogP contribution in [0.4, 0.5) is 13.2 Å². The number of rotatable bonds is 2. The minimum absolute atomic E-state index is 0.486. The lowest BCUT2D eigenvalue weighted by Gasteiger charge is -2.08. The standard InChI is InChI=1S/C6H4F3IN2O2S/c7-2-1-12-4(6(8)9)5(3(2)10)15(11,13)14/h1,6H,(H2,11,13,14). The molecule has 0 aliphatic heterocycles. The maximum Gasteiger partial charge on any atom is 0.281 e. The summed E-state index contributed by atoms with van der Waals surface area (Å²) in [4.78, 5) is 2.06. The molecule has 0 radical (unpaired) electrons. The van der Waals surface area contributed by atoms with Gasteiger partial charge in [-0.05, 0) is 22.6 Å². The molecule has 0 aliphatic carbocycles. The second-order valence-electron chi connectivity index (χ2n) is 2.48. The van der Waals surface area contributed by atoms with E-state index < -0.39 is 36.4 Å². The molecule has 0 fully saturated rings. The lowest BCUT2D eigenvalue weighted by molar-refractivity contribution is 0.141. The molecule has 1 aromatic rings. The summed E-state index contributed by atoms with van der Waals surface area (Å²) in [5, 5.41) is 4.69. The van der Waals surface area contributed by atoms with Crippen molar-refractivity contribution in [2.45, 2.75) is 11.3 Å². The second-order valence-corrected chi connectivity index (χ2v) is 5.06. The highest BCUT2D eigenvalue weighted by molar-refractivity contribution is 14.1. The molecular weight excluding hydrogens is 348 g/mol. The average Bonchev–Trinajstić information content (AvgIpc) is 2.06. The van der Waals surface area contributed by atoms with Crippen molar-refractivity contribution in [2.75, 3.05) is 0 Å². The molecule has 0 aromatic carbocycles. The first kappa shape index (κ1) is 12.6. The molecule has 1 rings (SSSR count). The van der Waals surface area contributed by atoms with Crippen LogP contribution in [0.25, 0.3) is 0 Å². The minimum Gasteiger partial charge on any atom is -0.251 e. The molecule has 0 atom stereocenters. The molecule has 0 saturated carbocycles. The van der Waals surface area contributed by atoms with Gasteiger partial charge in [0.2, 0.25) is 10.0 Å². The third kappa shape index (κ3) is 2.58. The number of nitrogens with two attached hydrogens (primary N) is 1. The van der Waals surface area contributed by atoms with Crippen LogP contribution < -0.4 is 5.14 Å². The van der Waals surface area contributed by atoms with Gasteiger partial charge >= 0.3 is 0 Å². The summed E-state index contributed by atoms with van der Waals surface area (Å²) in [6.07, 6.45) is -2.61. The molecule has 4 nitrogen and oxygen atoms in total. The zero-order chi connectivity index (χ0) is 11.8. The van der Waals surface area contributed by atoms with Crippen LogP contribution >= 0.6 is 22.6 Å². The Labute approximate surface area is 96.9 Å². The van der Waals surface area contributed by atoms with Gasteiger partial charge in [-0.3, -0.25) is 4.98 Å². The van der Waals surface area contributed by atoms with E-state index in [1.165, 1.54) is 22.6 Å². The van der Waals surface area contributed by atoms with Crippen molar-refractivity contribution in [1.82, 2.24) is 4.98 Å². The molecule has 0 unspecified atom stereocenters. The molecule has 84 valence electrons. The van der Waals surface area contributed by atoms with Gasteiger partial charge in [0, 0.05) is 0 Å². The number of pyridine rings is 1. The lowest BCUT2D eigenvalue weighted by Crippen LogP contribution is -2.18. The Morgan fingerprint density at radius 1 is 1.47 bits per heavy atom. The Kier molecular flexibility index (Phi) is 3.55. The molecule has 1 heterocycles. The molecule has 0 amide bonds. The summed E-state index contributed by atoms with van der Waals surface area (Å²) in [7, 11) is -4.42. The lowest BCUT2D eigenvalue weighted by atomic mass is 10.3. The van der Waals surface area contributed by atoms with Gasteiger partial charge in [-0.15, -0.1) is 0 Å². The van der Waals surface area contributed by atoms with Gasteiger partial charge < -0.3 is 0 Å². The smallest absolute Gasteiger partial charge is 0.251 e. The zero-order valence-electron chi connectivity index (χ0n) is 6.92. The number of alkyl halides is 2. The highest BCUT2D eigenvalue weighted by atomic mass is 127. The molecule has 0 spiro atoms. The van der Waals surface area contributed by atoms with E-state index in [-0.39, 0.29) is 0 Å². The number of hydrogen-bond acceptors (Lipinski definition) is 3. The fraction of sp³-hybridized carbons (Fsp3) is 0.167. The largest absolute Gasteiger partial charge is 0.281 e. The summed E-state index contributed by atoms with van der Waals surface area (Å²) < 4.78 is 59.1. The first-order chi connectivity index (χ1) is 6.75. The number of halogens is 4. The number of hydrogen-bond donors (Lipinski definition) is 1. The molecule has 2 N–H and O–H groups in total. The van der Waals surface area contributed by atoms with Crippen LogP contribution in [-0.2, 0) is 10.0 Å². The van der Waals surface area contributed by atoms with Crippen molar-refractivity contribution >= 4 is 32.6 Å². The Balaban J connectivity index is 3.65. The van der Waals surface area contributed by atoms with E-state index in [2.05, 4.69) is 4.98 Å². The van der Waals surface area contributed by atoms with E-state index in [0.29, 0.717) is 6.20 Å². The molecule has 1 aromatic heterocycles. The van der Waals surface area contributed by atoms with E-state index in [0.717, 1.165) is 0 Å². The minimum atomic E-state index is -4.42. The van der Waals surface area contributed by atoms with Crippen LogP contribution in [0.15, 0.2) is 11.1 Å². The molecule has 9 heteroatoms. The van der Waals surface area contributed by atoms with Crippen molar-refractivity contribution < 1.29 is 21.6 Å². The van der Waals surface area contributed by atoms with Crippen LogP contribution in [0, 0.1) is 9.39 Å². The SMILES string of the molecule is NS(=O)(=O)c1c(C(F)F)ncc(F)c1I. The van der Waals surface area contributed by atoms with Gasteiger partial charge in [-0.25, -0.2) is 26.7 Å². The number of nitrogens with zero attached hydrogens (tertiary/aromatic N) is 1. The quantitative estimate of drug-likeness (QED) is 0.818. The van der Waals surface area contributed by atoms with Gasteiger partial charge in [0.15, 0.2) is 5.82 Å². The number of aromatic nitrogens is 1. The third-order valence-electron chi connectivity index (χ3n) is 1.45. The topological polar surface area (TPSA) is 73.1 Å². The summed E-state index contributed by atoms with van der Waals surface area (Å²) >= 11 is 1.28. The second kappa shape index (κ2) is 4.22. The zero-order valence-corrected chi connectivity index (χ0v) is 9.89. The maximum absolute atomic E-state index is 12.9. The Bertz CT molecular complexity index is 491. The van der Waals surface area contributed by atoms with Crippen LogP contribution in [0.1, 0.15) is 12.1 Å². The highest BCUT2D eigenvalue weighted by Crippen LogP contribution is 2.28. The van der Waals surface area contributed by atoms with E-state index in [4.69, 9.17) is 5.14 Å². The van der Waals surface area contributed by atoms with Crippen molar-refractivity contribution in [1.29, 1.82) is 0 Å². The Morgan fingerprint density at radius 2 is 2.00 bits per heavy atom. The van der Waals surface area contributed by atoms with Crippen molar-refractivity contribution in [3.63, 3.8) is 0 Å². The van der Waals surface area contributed by atoms with E-state index >= 15 is 0 Å². The first-order valence-electron chi connectivity index (χ1n) is 3.40. The summed E-state index contributed by atoms with van der Waals surface area (Å²) in [5.41, 5.74) is -1.04. The van der Waals surface area contributed by atoms with Crippen LogP contribution in [0.3, 0.4) is 0 Å². The van der Waals surface area contributed by atoms with E-state index in [1.54, 1.807) is 0 Å². The third-order valence-corrected chi connectivity index (χ3v) is 3.85. The number of sulfonamides is 1. The van der Waals surface area contributed by atoms with Crippen molar-refractivity contribution in [3.8, 4) is 0 Å². The normalized spacial score (nSPS) is 12.1. The van der Waals surface area contributed by atoms with Crippen LogP contribution in [0.2, 0.25) is 0 Å². The van der Waals surface area contributed by atoms with Crippen LogP contribution in [-0.4, -0.2) is 13.4 Å². The van der Waals surface area contributed by atoms with Crippen LogP contribution in [0.5, 0.6) is 0 Å². The van der Waals surface area contributed by atoms with Gasteiger partial charge in [0.1, 0.15) is 10.6 Å². The predicted octanol–water partition coefficient (Wildman–Crippen LogP) is 1.41. The monoisotopic (exact) mass is 352 g/mol. The Hall–Kier alpha value is -0.420. The van der Waals surface area contributed by atoms with E-state index in [9.17, 15) is 21.6 Å². The summed E-state index contributed by atoms with van der Waals surface area (Å²) in [5.74, 6) is -1.01.